The number of amides is 1. The molecule has 0 fully saturated rings. The molecule has 0 aliphatic carbocycles. The van der Waals surface area contributed by atoms with Gasteiger partial charge in [-0.05, 0) is 30.7 Å². The zero-order valence-corrected chi connectivity index (χ0v) is 11.1. The summed E-state index contributed by atoms with van der Waals surface area (Å²) in [5, 5.41) is 10.9. The molecule has 0 unspecified atom stereocenters. The number of nitrogens with zero attached hydrogens (tertiary/aromatic N) is 1. The molecule has 0 saturated carbocycles. The molecule has 0 aliphatic heterocycles. The first-order valence-corrected chi connectivity index (χ1v) is 6.01. The average Bonchev–Trinajstić information content (AvgIpc) is 2.46. The summed E-state index contributed by atoms with van der Waals surface area (Å²) >= 11 is 0. The van der Waals surface area contributed by atoms with Gasteiger partial charge in [-0.2, -0.15) is 5.48 Å². The maximum atomic E-state index is 11.5. The Morgan fingerprint density at radius 2 is 1.90 bits per heavy atom. The van der Waals surface area contributed by atoms with Crippen LogP contribution in [0.4, 0.5) is 10.5 Å². The second-order valence-corrected chi connectivity index (χ2v) is 4.13. The van der Waals surface area contributed by atoms with Crippen LogP contribution in [0.3, 0.4) is 0 Å². The number of hydrogen-bond donors (Lipinski definition) is 1. The summed E-state index contributed by atoms with van der Waals surface area (Å²) in [7, 11) is 0. The van der Waals surface area contributed by atoms with Crippen molar-refractivity contribution in [3.63, 3.8) is 0 Å². The van der Waals surface area contributed by atoms with E-state index in [1.807, 2.05) is 5.48 Å². The van der Waals surface area contributed by atoms with E-state index in [0.717, 1.165) is 5.56 Å². The Morgan fingerprint density at radius 3 is 2.57 bits per heavy atom. The summed E-state index contributed by atoms with van der Waals surface area (Å²) in [6.45, 7) is 1.75. The molecular weight excluding hydrogens is 276 g/mol. The predicted octanol–water partition coefficient (Wildman–Crippen LogP) is 2.99. The van der Waals surface area contributed by atoms with Crippen molar-refractivity contribution in [2.45, 2.75) is 6.92 Å². The second kappa shape index (κ2) is 6.38. The minimum Gasteiger partial charge on any atom is -0.408 e. The fraction of sp³-hybridized carbons (Fsp3) is 0.0714. The SMILES string of the molecule is Cc1ccc([N+](=O)[O-])c(ONC(=O)Oc2ccccc2)c1. The van der Waals surface area contributed by atoms with Crippen LogP contribution in [0.1, 0.15) is 5.56 Å². The molecule has 0 bridgehead atoms. The fourth-order valence-corrected chi connectivity index (χ4v) is 1.57. The average molecular weight is 288 g/mol. The molecule has 7 heteroatoms. The standard InChI is InChI=1S/C14H12N2O5/c1-10-7-8-12(16(18)19)13(9-10)21-15-14(17)20-11-5-3-2-4-6-11/h2-9H,1H3,(H,15,17). The maximum Gasteiger partial charge on any atom is 0.446 e. The molecule has 0 atom stereocenters. The van der Waals surface area contributed by atoms with Crippen LogP contribution in [-0.4, -0.2) is 11.0 Å². The molecule has 7 nitrogen and oxygen atoms in total. The number of carbonyl (C=O) groups excluding carboxylic acids is 1. The number of nitro groups is 1. The molecule has 0 radical (unpaired) electrons. The first kappa shape index (κ1) is 14.3. The van der Waals surface area contributed by atoms with Crippen LogP contribution >= 0.6 is 0 Å². The molecule has 0 saturated heterocycles. The topological polar surface area (TPSA) is 90.7 Å². The molecule has 0 heterocycles. The largest absolute Gasteiger partial charge is 0.446 e. The smallest absolute Gasteiger partial charge is 0.408 e. The van der Waals surface area contributed by atoms with Gasteiger partial charge in [0.1, 0.15) is 5.75 Å². The number of hydroxylamine groups is 1. The molecule has 2 aromatic rings. The fourth-order valence-electron chi connectivity index (χ4n) is 1.57. The van der Waals surface area contributed by atoms with E-state index in [4.69, 9.17) is 9.57 Å². The van der Waals surface area contributed by atoms with Crippen molar-refractivity contribution in [1.29, 1.82) is 0 Å². The zero-order valence-electron chi connectivity index (χ0n) is 11.1. The third-order valence-electron chi connectivity index (χ3n) is 2.51. The molecule has 1 amide bonds. The third-order valence-corrected chi connectivity index (χ3v) is 2.51. The van der Waals surface area contributed by atoms with E-state index in [9.17, 15) is 14.9 Å². The number of hydrogen-bond acceptors (Lipinski definition) is 5. The van der Waals surface area contributed by atoms with Gasteiger partial charge >= 0.3 is 11.8 Å². The Hall–Kier alpha value is -3.09. The Balaban J connectivity index is 2.01. The van der Waals surface area contributed by atoms with Gasteiger partial charge in [0, 0.05) is 6.07 Å². The van der Waals surface area contributed by atoms with Crippen molar-refractivity contribution in [2.75, 3.05) is 0 Å². The molecular formula is C14H12N2O5. The predicted molar refractivity (Wildman–Crippen MR) is 74.1 cm³/mol. The molecule has 0 aliphatic rings. The van der Waals surface area contributed by atoms with Crippen molar-refractivity contribution in [3.8, 4) is 11.5 Å². The third kappa shape index (κ3) is 3.93. The molecule has 2 aromatic carbocycles. The monoisotopic (exact) mass is 288 g/mol. The second-order valence-electron chi connectivity index (χ2n) is 4.13. The van der Waals surface area contributed by atoms with E-state index in [1.54, 1.807) is 43.3 Å². The van der Waals surface area contributed by atoms with Gasteiger partial charge in [-0.15, -0.1) is 0 Å². The number of benzene rings is 2. The lowest BCUT2D eigenvalue weighted by atomic mass is 10.2. The van der Waals surface area contributed by atoms with Crippen molar-refractivity contribution >= 4 is 11.8 Å². The van der Waals surface area contributed by atoms with Gasteiger partial charge in [-0.25, -0.2) is 4.79 Å². The highest BCUT2D eigenvalue weighted by Gasteiger charge is 2.16. The number of para-hydroxylation sites is 1. The number of aryl methyl sites for hydroxylation is 1. The lowest BCUT2D eigenvalue weighted by molar-refractivity contribution is -0.386. The van der Waals surface area contributed by atoms with Gasteiger partial charge in [0.2, 0.25) is 5.75 Å². The van der Waals surface area contributed by atoms with Gasteiger partial charge < -0.3 is 9.57 Å². The summed E-state index contributed by atoms with van der Waals surface area (Å²) in [6, 6.07) is 12.7. The number of carbonyl (C=O) groups is 1. The molecule has 108 valence electrons. The summed E-state index contributed by atoms with van der Waals surface area (Å²) in [5.41, 5.74) is 2.51. The van der Waals surface area contributed by atoms with E-state index in [-0.39, 0.29) is 11.4 Å². The lowest BCUT2D eigenvalue weighted by Crippen LogP contribution is -2.30. The Kier molecular flexibility index (Phi) is 4.35. The Labute approximate surface area is 120 Å². The number of ether oxygens (including phenoxy) is 1. The molecule has 2 rings (SSSR count). The van der Waals surface area contributed by atoms with E-state index >= 15 is 0 Å². The quantitative estimate of drug-likeness (QED) is 0.689. The van der Waals surface area contributed by atoms with E-state index < -0.39 is 11.0 Å². The summed E-state index contributed by atoms with van der Waals surface area (Å²) in [5.74, 6) is 0.266. The summed E-state index contributed by atoms with van der Waals surface area (Å²) in [6.07, 6.45) is -0.878. The van der Waals surface area contributed by atoms with Crippen LogP contribution in [0.25, 0.3) is 0 Å². The summed E-state index contributed by atoms with van der Waals surface area (Å²) < 4.78 is 4.92. The van der Waals surface area contributed by atoms with Crippen molar-refractivity contribution in [2.24, 2.45) is 0 Å². The number of nitro benzene ring substituents is 1. The number of rotatable bonds is 4. The van der Waals surface area contributed by atoms with Crippen LogP contribution in [0.15, 0.2) is 48.5 Å². The van der Waals surface area contributed by atoms with E-state index in [1.165, 1.54) is 12.1 Å². The molecule has 0 aromatic heterocycles. The van der Waals surface area contributed by atoms with Gasteiger partial charge in [0.25, 0.3) is 0 Å². The van der Waals surface area contributed by atoms with Gasteiger partial charge in [0.05, 0.1) is 4.92 Å². The Bertz CT molecular complexity index is 658. The Morgan fingerprint density at radius 1 is 1.19 bits per heavy atom. The maximum absolute atomic E-state index is 11.5. The highest BCUT2D eigenvalue weighted by atomic mass is 16.7. The van der Waals surface area contributed by atoms with Crippen molar-refractivity contribution < 1.29 is 19.3 Å². The van der Waals surface area contributed by atoms with E-state index in [2.05, 4.69) is 0 Å². The highest BCUT2D eigenvalue weighted by Crippen LogP contribution is 2.27. The minimum absolute atomic E-state index is 0.0648. The van der Waals surface area contributed by atoms with Crippen LogP contribution in [0.2, 0.25) is 0 Å². The van der Waals surface area contributed by atoms with Crippen LogP contribution < -0.4 is 15.1 Å². The van der Waals surface area contributed by atoms with E-state index in [0.29, 0.717) is 5.75 Å². The molecule has 1 N–H and O–H groups in total. The molecule has 0 spiro atoms. The first-order valence-electron chi connectivity index (χ1n) is 6.01. The first-order chi connectivity index (χ1) is 10.1. The summed E-state index contributed by atoms with van der Waals surface area (Å²) in [4.78, 5) is 26.7. The van der Waals surface area contributed by atoms with Crippen LogP contribution in [0, 0.1) is 17.0 Å². The highest BCUT2D eigenvalue weighted by molar-refractivity contribution is 5.69. The minimum atomic E-state index is -0.878. The van der Waals surface area contributed by atoms with Crippen molar-refractivity contribution in [3.05, 3.63) is 64.2 Å². The van der Waals surface area contributed by atoms with Crippen LogP contribution in [0.5, 0.6) is 11.5 Å². The lowest BCUT2D eigenvalue weighted by Gasteiger charge is -2.08. The number of nitrogens with one attached hydrogen (secondary N) is 1. The van der Waals surface area contributed by atoms with Crippen LogP contribution in [-0.2, 0) is 0 Å². The zero-order chi connectivity index (χ0) is 15.2. The van der Waals surface area contributed by atoms with Crippen molar-refractivity contribution in [1.82, 2.24) is 5.48 Å². The van der Waals surface area contributed by atoms with Gasteiger partial charge in [-0.1, -0.05) is 24.3 Å². The normalized spacial score (nSPS) is 9.76. The van der Waals surface area contributed by atoms with Gasteiger partial charge in [0.15, 0.2) is 0 Å². The van der Waals surface area contributed by atoms with Gasteiger partial charge in [-0.3, -0.25) is 10.1 Å². The molecule has 21 heavy (non-hydrogen) atoms.